The molecular formula is C15H14N2O2. The fourth-order valence-corrected chi connectivity index (χ4v) is 2.53. The zero-order valence-electron chi connectivity index (χ0n) is 10.4. The second kappa shape index (κ2) is 4.72. The summed E-state index contributed by atoms with van der Waals surface area (Å²) in [4.78, 5) is 17.2. The van der Waals surface area contributed by atoms with Gasteiger partial charge in [0, 0.05) is 25.5 Å². The Bertz CT molecular complexity index is 625. The van der Waals surface area contributed by atoms with Crippen LogP contribution in [0.5, 0.6) is 0 Å². The topological polar surface area (TPSA) is 53.4 Å². The number of carboxylic acids is 1. The number of pyridine rings is 1. The Morgan fingerprint density at radius 3 is 2.79 bits per heavy atom. The number of hydrogen-bond acceptors (Lipinski definition) is 3. The highest BCUT2D eigenvalue weighted by Gasteiger charge is 2.20. The maximum absolute atomic E-state index is 11.2. The summed E-state index contributed by atoms with van der Waals surface area (Å²) in [7, 11) is 0. The Labute approximate surface area is 111 Å². The molecule has 1 aromatic heterocycles. The lowest BCUT2D eigenvalue weighted by molar-refractivity contribution is 0.0697. The first-order valence-electron chi connectivity index (χ1n) is 6.25. The van der Waals surface area contributed by atoms with Crippen molar-refractivity contribution in [1.29, 1.82) is 0 Å². The maximum atomic E-state index is 11.2. The van der Waals surface area contributed by atoms with Crippen molar-refractivity contribution in [2.45, 2.75) is 13.0 Å². The molecule has 0 saturated carbocycles. The summed E-state index contributed by atoms with van der Waals surface area (Å²) in [5.41, 5.74) is 3.63. The lowest BCUT2D eigenvalue weighted by Gasteiger charge is -2.31. The van der Waals surface area contributed by atoms with Gasteiger partial charge in [-0.1, -0.05) is 24.3 Å². The summed E-state index contributed by atoms with van der Waals surface area (Å²) in [6.45, 7) is 1.59. The highest BCUT2D eigenvalue weighted by atomic mass is 16.4. The number of anilines is 1. The molecule has 1 aromatic carbocycles. The number of aromatic carboxylic acids is 1. The third-order valence-electron chi connectivity index (χ3n) is 3.50. The van der Waals surface area contributed by atoms with E-state index >= 15 is 0 Å². The monoisotopic (exact) mass is 254 g/mol. The molecule has 0 spiro atoms. The van der Waals surface area contributed by atoms with E-state index in [9.17, 15) is 9.90 Å². The van der Waals surface area contributed by atoms with Crippen molar-refractivity contribution in [2.75, 3.05) is 11.4 Å². The van der Waals surface area contributed by atoms with Crippen LogP contribution in [-0.2, 0) is 13.0 Å². The fraction of sp³-hybridized carbons (Fsp3) is 0.200. The molecule has 2 aromatic rings. The lowest BCUT2D eigenvalue weighted by atomic mass is 9.99. The minimum absolute atomic E-state index is 0.266. The molecule has 1 aliphatic heterocycles. The van der Waals surface area contributed by atoms with Crippen molar-refractivity contribution in [3.05, 3.63) is 59.4 Å². The van der Waals surface area contributed by atoms with Crippen LogP contribution in [0.15, 0.2) is 42.7 Å². The quantitative estimate of drug-likeness (QED) is 0.893. The van der Waals surface area contributed by atoms with Crippen LogP contribution in [-0.4, -0.2) is 22.6 Å². The first-order valence-corrected chi connectivity index (χ1v) is 6.25. The van der Waals surface area contributed by atoms with Gasteiger partial charge in [0.15, 0.2) is 0 Å². The van der Waals surface area contributed by atoms with Crippen LogP contribution >= 0.6 is 0 Å². The molecule has 0 amide bonds. The summed E-state index contributed by atoms with van der Waals surface area (Å²) in [5, 5.41) is 9.22. The Balaban J connectivity index is 1.95. The van der Waals surface area contributed by atoms with E-state index in [0.29, 0.717) is 0 Å². The number of carboxylic acid groups (broad SMARTS) is 1. The van der Waals surface area contributed by atoms with Gasteiger partial charge < -0.3 is 10.0 Å². The SMILES string of the molecule is O=C(O)c1cnccc1N1CCc2ccccc2C1. The summed E-state index contributed by atoms with van der Waals surface area (Å²) in [6, 6.07) is 10.1. The van der Waals surface area contributed by atoms with Crippen LogP contribution in [0, 0.1) is 0 Å². The molecular weight excluding hydrogens is 240 g/mol. The minimum atomic E-state index is -0.929. The summed E-state index contributed by atoms with van der Waals surface area (Å²) < 4.78 is 0. The highest BCUT2D eigenvalue weighted by molar-refractivity contribution is 5.94. The number of fused-ring (bicyclic) bond motifs is 1. The van der Waals surface area contributed by atoms with Crippen LogP contribution in [0.1, 0.15) is 21.5 Å². The average Bonchev–Trinajstić information content (AvgIpc) is 2.46. The number of rotatable bonds is 2. The van der Waals surface area contributed by atoms with E-state index in [4.69, 9.17) is 0 Å². The summed E-state index contributed by atoms with van der Waals surface area (Å²) in [5.74, 6) is -0.929. The van der Waals surface area contributed by atoms with Crippen molar-refractivity contribution in [1.82, 2.24) is 4.98 Å². The third kappa shape index (κ3) is 2.17. The number of aromatic nitrogens is 1. The van der Waals surface area contributed by atoms with Crippen molar-refractivity contribution < 1.29 is 9.90 Å². The van der Waals surface area contributed by atoms with Gasteiger partial charge in [-0.25, -0.2) is 4.79 Å². The van der Waals surface area contributed by atoms with Crippen LogP contribution in [0.3, 0.4) is 0 Å². The molecule has 19 heavy (non-hydrogen) atoms. The summed E-state index contributed by atoms with van der Waals surface area (Å²) in [6.07, 6.45) is 4.00. The van der Waals surface area contributed by atoms with Gasteiger partial charge in [-0.2, -0.15) is 0 Å². The van der Waals surface area contributed by atoms with Crippen LogP contribution < -0.4 is 4.90 Å². The van der Waals surface area contributed by atoms with Crippen LogP contribution in [0.25, 0.3) is 0 Å². The van der Waals surface area contributed by atoms with E-state index in [1.54, 1.807) is 12.3 Å². The summed E-state index contributed by atoms with van der Waals surface area (Å²) >= 11 is 0. The third-order valence-corrected chi connectivity index (χ3v) is 3.50. The Morgan fingerprint density at radius 2 is 2.00 bits per heavy atom. The minimum Gasteiger partial charge on any atom is -0.478 e. The Morgan fingerprint density at radius 1 is 1.21 bits per heavy atom. The molecule has 1 N–H and O–H groups in total. The number of benzene rings is 1. The van der Waals surface area contributed by atoms with Crippen molar-refractivity contribution >= 4 is 11.7 Å². The second-order valence-corrected chi connectivity index (χ2v) is 4.64. The zero-order chi connectivity index (χ0) is 13.2. The van der Waals surface area contributed by atoms with Gasteiger partial charge in [-0.05, 0) is 23.6 Å². The molecule has 0 atom stereocenters. The molecule has 0 radical (unpaired) electrons. The average molecular weight is 254 g/mol. The van der Waals surface area contributed by atoms with Gasteiger partial charge in [0.25, 0.3) is 0 Å². The van der Waals surface area contributed by atoms with Gasteiger partial charge in [-0.15, -0.1) is 0 Å². The molecule has 0 bridgehead atoms. The zero-order valence-corrected chi connectivity index (χ0v) is 10.4. The van der Waals surface area contributed by atoms with Crippen molar-refractivity contribution in [2.24, 2.45) is 0 Å². The molecule has 0 aliphatic carbocycles. The second-order valence-electron chi connectivity index (χ2n) is 4.64. The predicted octanol–water partition coefficient (Wildman–Crippen LogP) is 2.34. The van der Waals surface area contributed by atoms with Gasteiger partial charge in [0.05, 0.1) is 5.69 Å². The molecule has 4 nitrogen and oxygen atoms in total. The molecule has 2 heterocycles. The number of carbonyl (C=O) groups is 1. The Kier molecular flexibility index (Phi) is 2.91. The highest BCUT2D eigenvalue weighted by Crippen LogP contribution is 2.26. The van der Waals surface area contributed by atoms with Gasteiger partial charge in [0.2, 0.25) is 0 Å². The fourth-order valence-electron chi connectivity index (χ4n) is 2.53. The number of hydrogen-bond donors (Lipinski definition) is 1. The van der Waals surface area contributed by atoms with E-state index in [-0.39, 0.29) is 5.56 Å². The van der Waals surface area contributed by atoms with E-state index in [0.717, 1.165) is 25.2 Å². The molecule has 0 saturated heterocycles. The largest absolute Gasteiger partial charge is 0.478 e. The molecule has 4 heteroatoms. The smallest absolute Gasteiger partial charge is 0.339 e. The van der Waals surface area contributed by atoms with Gasteiger partial charge in [0.1, 0.15) is 5.56 Å². The molecule has 96 valence electrons. The Hall–Kier alpha value is -2.36. The molecule has 0 unspecified atom stereocenters. The van der Waals surface area contributed by atoms with Crippen LogP contribution in [0.4, 0.5) is 5.69 Å². The normalized spacial score (nSPS) is 14.0. The maximum Gasteiger partial charge on any atom is 0.339 e. The molecule has 3 rings (SSSR count). The van der Waals surface area contributed by atoms with E-state index in [2.05, 4.69) is 22.0 Å². The molecule has 1 aliphatic rings. The van der Waals surface area contributed by atoms with Crippen molar-refractivity contribution in [3.63, 3.8) is 0 Å². The van der Waals surface area contributed by atoms with E-state index in [1.165, 1.54) is 17.3 Å². The first kappa shape index (κ1) is 11.7. The van der Waals surface area contributed by atoms with E-state index in [1.807, 2.05) is 12.1 Å². The van der Waals surface area contributed by atoms with Crippen LogP contribution in [0.2, 0.25) is 0 Å². The van der Waals surface area contributed by atoms with Gasteiger partial charge >= 0.3 is 5.97 Å². The standard InChI is InChI=1S/C15H14N2O2/c18-15(19)13-9-16-7-5-14(13)17-8-6-11-3-1-2-4-12(11)10-17/h1-5,7,9H,6,8,10H2,(H,18,19). The lowest BCUT2D eigenvalue weighted by Crippen LogP contribution is -2.31. The van der Waals surface area contributed by atoms with Gasteiger partial charge in [-0.3, -0.25) is 4.98 Å². The predicted molar refractivity (Wildman–Crippen MR) is 72.4 cm³/mol. The number of nitrogens with zero attached hydrogens (tertiary/aromatic N) is 2. The van der Waals surface area contributed by atoms with E-state index < -0.39 is 5.97 Å². The first-order chi connectivity index (χ1) is 9.25. The molecule has 0 fully saturated rings. The van der Waals surface area contributed by atoms with Crippen molar-refractivity contribution in [3.8, 4) is 0 Å².